The number of aryl methyl sites for hydroxylation is 2. The van der Waals surface area contributed by atoms with Gasteiger partial charge in [-0.25, -0.2) is 4.98 Å². The third-order valence-corrected chi connectivity index (χ3v) is 6.35. The fraction of sp³-hybridized carbons (Fsp3) is 0.440. The molecule has 31 heavy (non-hydrogen) atoms. The molecule has 2 aliphatic rings. The second-order valence-corrected chi connectivity index (χ2v) is 8.40. The van der Waals surface area contributed by atoms with E-state index >= 15 is 0 Å². The smallest absolute Gasteiger partial charge is 0.223 e. The van der Waals surface area contributed by atoms with Gasteiger partial charge in [0.05, 0.1) is 30.3 Å². The van der Waals surface area contributed by atoms with E-state index in [0.29, 0.717) is 19.6 Å². The average Bonchev–Trinajstić information content (AvgIpc) is 3.31. The quantitative estimate of drug-likeness (QED) is 0.604. The first-order valence-corrected chi connectivity index (χ1v) is 11.3. The Balaban J connectivity index is 1.25. The number of aromatic nitrogens is 2. The van der Waals surface area contributed by atoms with E-state index in [-0.39, 0.29) is 11.9 Å². The molecule has 0 aliphatic carbocycles. The molecule has 0 saturated carbocycles. The minimum Gasteiger partial charge on any atom is -0.490 e. The number of rotatable bonds is 5. The molecule has 3 heterocycles. The van der Waals surface area contributed by atoms with Gasteiger partial charge in [-0.15, -0.1) is 0 Å². The number of nitrogens with zero attached hydrogens (tertiary/aromatic N) is 3. The van der Waals surface area contributed by atoms with Gasteiger partial charge in [-0.1, -0.05) is 18.2 Å². The lowest BCUT2D eigenvalue weighted by Crippen LogP contribution is -2.30. The Morgan fingerprint density at radius 3 is 2.84 bits per heavy atom. The number of ether oxygens (including phenoxy) is 2. The van der Waals surface area contributed by atoms with Crippen molar-refractivity contribution in [1.82, 2.24) is 14.5 Å². The zero-order chi connectivity index (χ0) is 21.2. The normalized spacial score (nSPS) is 18.4. The molecule has 2 aliphatic heterocycles. The van der Waals surface area contributed by atoms with E-state index in [9.17, 15) is 4.79 Å². The Kier molecular flexibility index (Phi) is 5.53. The van der Waals surface area contributed by atoms with Gasteiger partial charge in [0.1, 0.15) is 5.82 Å². The Bertz CT molecular complexity index is 1090. The lowest BCUT2D eigenvalue weighted by atomic mass is 10.0. The van der Waals surface area contributed by atoms with Crippen LogP contribution in [0.5, 0.6) is 11.5 Å². The maximum absolute atomic E-state index is 13.1. The fourth-order valence-corrected chi connectivity index (χ4v) is 4.81. The van der Waals surface area contributed by atoms with Crippen molar-refractivity contribution in [2.24, 2.45) is 0 Å². The molecule has 3 aromatic rings. The summed E-state index contributed by atoms with van der Waals surface area (Å²) in [6, 6.07) is 14.4. The van der Waals surface area contributed by atoms with Crippen LogP contribution in [0.3, 0.4) is 0 Å². The van der Waals surface area contributed by atoms with Crippen molar-refractivity contribution in [2.75, 3.05) is 19.8 Å². The highest BCUT2D eigenvalue weighted by molar-refractivity contribution is 5.77. The SMILES string of the molecule is Cc1nc2ccccc2n1CCCC(=O)N1CCC[C@@H]1c1ccc2c(c1)OCCCO2. The molecule has 1 atom stereocenters. The Morgan fingerprint density at radius 2 is 1.94 bits per heavy atom. The number of para-hydroxylation sites is 2. The summed E-state index contributed by atoms with van der Waals surface area (Å²) in [6.45, 7) is 5.02. The van der Waals surface area contributed by atoms with Gasteiger partial charge < -0.3 is 18.9 Å². The molecule has 1 aromatic heterocycles. The van der Waals surface area contributed by atoms with Gasteiger partial charge in [-0.2, -0.15) is 0 Å². The van der Waals surface area contributed by atoms with Crippen LogP contribution in [0.15, 0.2) is 42.5 Å². The number of benzene rings is 2. The van der Waals surface area contributed by atoms with Crippen LogP contribution >= 0.6 is 0 Å². The molecule has 0 bridgehead atoms. The monoisotopic (exact) mass is 419 g/mol. The molecule has 6 heteroatoms. The minimum atomic E-state index is 0.125. The van der Waals surface area contributed by atoms with Gasteiger partial charge in [0.2, 0.25) is 5.91 Å². The van der Waals surface area contributed by atoms with E-state index in [0.717, 1.165) is 72.7 Å². The molecule has 0 unspecified atom stereocenters. The number of carbonyl (C=O) groups is 1. The molecule has 0 radical (unpaired) electrons. The topological polar surface area (TPSA) is 56.6 Å². The predicted molar refractivity (Wildman–Crippen MR) is 119 cm³/mol. The Hall–Kier alpha value is -3.02. The average molecular weight is 420 g/mol. The van der Waals surface area contributed by atoms with Crippen molar-refractivity contribution in [3.8, 4) is 11.5 Å². The van der Waals surface area contributed by atoms with Crippen molar-refractivity contribution in [2.45, 2.75) is 51.6 Å². The van der Waals surface area contributed by atoms with Gasteiger partial charge in [-0.05, 0) is 56.0 Å². The van der Waals surface area contributed by atoms with E-state index < -0.39 is 0 Å². The van der Waals surface area contributed by atoms with Crippen molar-refractivity contribution in [1.29, 1.82) is 0 Å². The highest BCUT2D eigenvalue weighted by atomic mass is 16.5. The number of amides is 1. The van der Waals surface area contributed by atoms with Crippen LogP contribution in [0.25, 0.3) is 11.0 Å². The predicted octanol–water partition coefficient (Wildman–Crippen LogP) is 4.65. The summed E-state index contributed by atoms with van der Waals surface area (Å²) >= 11 is 0. The van der Waals surface area contributed by atoms with Gasteiger partial charge in [0.15, 0.2) is 11.5 Å². The van der Waals surface area contributed by atoms with E-state index in [2.05, 4.69) is 32.7 Å². The highest BCUT2D eigenvalue weighted by Crippen LogP contribution is 2.38. The molecule has 6 nitrogen and oxygen atoms in total. The minimum absolute atomic E-state index is 0.125. The molecule has 5 rings (SSSR count). The lowest BCUT2D eigenvalue weighted by Gasteiger charge is -2.26. The summed E-state index contributed by atoms with van der Waals surface area (Å²) in [5.74, 6) is 2.84. The van der Waals surface area contributed by atoms with Gasteiger partial charge >= 0.3 is 0 Å². The van der Waals surface area contributed by atoms with E-state index in [1.807, 2.05) is 31.2 Å². The Labute approximate surface area is 182 Å². The number of hydrogen-bond donors (Lipinski definition) is 0. The van der Waals surface area contributed by atoms with Crippen molar-refractivity contribution >= 4 is 16.9 Å². The summed E-state index contributed by atoms with van der Waals surface area (Å²) in [7, 11) is 0. The molecule has 1 fully saturated rings. The number of carbonyl (C=O) groups excluding carboxylic acids is 1. The number of likely N-dealkylation sites (tertiary alicyclic amines) is 1. The maximum atomic E-state index is 13.1. The number of fused-ring (bicyclic) bond motifs is 2. The molecule has 162 valence electrons. The summed E-state index contributed by atoms with van der Waals surface area (Å²) in [6.07, 6.45) is 4.29. The molecule has 1 saturated heterocycles. The summed E-state index contributed by atoms with van der Waals surface area (Å²) in [5, 5.41) is 0. The van der Waals surface area contributed by atoms with Crippen molar-refractivity contribution < 1.29 is 14.3 Å². The molecule has 0 N–H and O–H groups in total. The van der Waals surface area contributed by atoms with Crippen LogP contribution in [0.1, 0.15) is 49.5 Å². The van der Waals surface area contributed by atoms with E-state index in [4.69, 9.17) is 9.47 Å². The number of hydrogen-bond acceptors (Lipinski definition) is 4. The fourth-order valence-electron chi connectivity index (χ4n) is 4.81. The third-order valence-electron chi connectivity index (χ3n) is 6.35. The van der Waals surface area contributed by atoms with Crippen LogP contribution < -0.4 is 9.47 Å². The summed E-state index contributed by atoms with van der Waals surface area (Å²) in [4.78, 5) is 19.8. The molecular formula is C25H29N3O3. The lowest BCUT2D eigenvalue weighted by molar-refractivity contribution is -0.132. The highest BCUT2D eigenvalue weighted by Gasteiger charge is 2.30. The summed E-state index contributed by atoms with van der Waals surface area (Å²) in [5.41, 5.74) is 3.30. The first-order valence-electron chi connectivity index (χ1n) is 11.3. The van der Waals surface area contributed by atoms with Crippen LogP contribution in [-0.2, 0) is 11.3 Å². The van der Waals surface area contributed by atoms with E-state index in [1.165, 1.54) is 0 Å². The first kappa shape index (κ1) is 19.9. The van der Waals surface area contributed by atoms with Gasteiger partial charge in [0.25, 0.3) is 0 Å². The van der Waals surface area contributed by atoms with Gasteiger partial charge in [0, 0.05) is 25.9 Å². The maximum Gasteiger partial charge on any atom is 0.223 e. The number of imidazole rings is 1. The Morgan fingerprint density at radius 1 is 1.10 bits per heavy atom. The zero-order valence-corrected chi connectivity index (χ0v) is 18.0. The summed E-state index contributed by atoms with van der Waals surface area (Å²) < 4.78 is 13.8. The van der Waals surface area contributed by atoms with Crippen LogP contribution in [0.4, 0.5) is 0 Å². The molecular weight excluding hydrogens is 390 g/mol. The second-order valence-electron chi connectivity index (χ2n) is 8.40. The standard InChI is InChI=1S/C25H29N3O3/c1-18-26-20-7-2-3-8-22(20)27(18)13-5-10-25(29)28-14-4-9-21(28)19-11-12-23-24(17-19)31-16-6-15-30-23/h2-3,7-8,11-12,17,21H,4-6,9-10,13-16H2,1H3/t21-/m1/s1. The van der Waals surface area contributed by atoms with Crippen LogP contribution in [-0.4, -0.2) is 40.1 Å². The van der Waals surface area contributed by atoms with Crippen molar-refractivity contribution in [3.05, 3.63) is 53.9 Å². The first-order chi connectivity index (χ1) is 15.2. The second kappa shape index (κ2) is 8.61. The van der Waals surface area contributed by atoms with E-state index in [1.54, 1.807) is 0 Å². The largest absolute Gasteiger partial charge is 0.490 e. The van der Waals surface area contributed by atoms with Gasteiger partial charge in [-0.3, -0.25) is 4.79 Å². The zero-order valence-electron chi connectivity index (χ0n) is 18.0. The van der Waals surface area contributed by atoms with Crippen molar-refractivity contribution in [3.63, 3.8) is 0 Å². The molecule has 2 aromatic carbocycles. The molecule has 0 spiro atoms. The molecule has 1 amide bonds. The van der Waals surface area contributed by atoms with Crippen LogP contribution in [0.2, 0.25) is 0 Å². The third kappa shape index (κ3) is 3.99. The van der Waals surface area contributed by atoms with Crippen LogP contribution in [0, 0.1) is 6.92 Å².